The topological polar surface area (TPSA) is 24.9 Å². The van der Waals surface area contributed by atoms with Crippen LogP contribution in [0.2, 0.25) is 0 Å². The lowest BCUT2D eigenvalue weighted by atomic mass is 9.95. The van der Waals surface area contributed by atoms with Crippen LogP contribution in [0.25, 0.3) is 10.9 Å². The molecule has 2 rings (SSSR count). The number of aromatic nitrogens is 1. The zero-order valence-corrected chi connectivity index (χ0v) is 10.1. The molecule has 0 fully saturated rings. The molecule has 0 radical (unpaired) electrons. The molecule has 2 nitrogen and oxygen atoms in total. The highest BCUT2D eigenvalue weighted by Crippen LogP contribution is 2.16. The van der Waals surface area contributed by atoms with Crippen molar-refractivity contribution in [2.45, 2.75) is 25.8 Å². The number of nitrogens with one attached hydrogen (secondary N) is 1. The molecular weight excluding hydrogens is 196 g/mol. The van der Waals surface area contributed by atoms with Gasteiger partial charge in [0.25, 0.3) is 0 Å². The van der Waals surface area contributed by atoms with Crippen molar-refractivity contribution < 1.29 is 0 Å². The standard InChI is InChI=1S/C14H18N2/c1-14(2,15-3)9-11-8-12-6-4-5-7-13(12)16-10-11/h4-8,10,15H,9H2,1-3H3. The number of para-hydroxylation sites is 1. The van der Waals surface area contributed by atoms with E-state index in [4.69, 9.17) is 0 Å². The predicted molar refractivity (Wildman–Crippen MR) is 68.6 cm³/mol. The number of hydrogen-bond acceptors (Lipinski definition) is 2. The Kier molecular flexibility index (Phi) is 2.92. The van der Waals surface area contributed by atoms with Crippen LogP contribution in [0.3, 0.4) is 0 Å². The molecule has 1 N–H and O–H groups in total. The van der Waals surface area contributed by atoms with Crippen LogP contribution in [0.5, 0.6) is 0 Å². The van der Waals surface area contributed by atoms with E-state index in [1.54, 1.807) is 0 Å². The maximum absolute atomic E-state index is 4.47. The van der Waals surface area contributed by atoms with E-state index >= 15 is 0 Å². The molecule has 1 aromatic heterocycles. The number of hydrogen-bond donors (Lipinski definition) is 1. The van der Waals surface area contributed by atoms with Crippen LogP contribution < -0.4 is 5.32 Å². The number of rotatable bonds is 3. The molecule has 0 saturated carbocycles. The zero-order valence-electron chi connectivity index (χ0n) is 10.1. The number of benzene rings is 1. The zero-order chi connectivity index (χ0) is 11.6. The van der Waals surface area contributed by atoms with Gasteiger partial charge < -0.3 is 5.32 Å². The van der Waals surface area contributed by atoms with Gasteiger partial charge in [-0.1, -0.05) is 18.2 Å². The minimum absolute atomic E-state index is 0.115. The van der Waals surface area contributed by atoms with E-state index in [2.05, 4.69) is 42.3 Å². The summed E-state index contributed by atoms with van der Waals surface area (Å²) in [6.45, 7) is 4.39. The molecule has 2 heteroatoms. The third-order valence-electron chi connectivity index (χ3n) is 2.97. The average molecular weight is 214 g/mol. The summed E-state index contributed by atoms with van der Waals surface area (Å²) >= 11 is 0. The Hall–Kier alpha value is -1.41. The fourth-order valence-corrected chi connectivity index (χ4v) is 1.81. The second-order valence-electron chi connectivity index (χ2n) is 4.85. The van der Waals surface area contributed by atoms with Crippen LogP contribution in [-0.2, 0) is 6.42 Å². The molecule has 0 amide bonds. The van der Waals surface area contributed by atoms with Crippen LogP contribution in [0.1, 0.15) is 19.4 Å². The monoisotopic (exact) mass is 214 g/mol. The first-order valence-corrected chi connectivity index (χ1v) is 5.63. The molecule has 0 unspecified atom stereocenters. The molecule has 0 aliphatic heterocycles. The Morgan fingerprint density at radius 1 is 1.25 bits per heavy atom. The van der Waals surface area contributed by atoms with Crippen LogP contribution in [0.4, 0.5) is 0 Å². The van der Waals surface area contributed by atoms with Gasteiger partial charge in [0, 0.05) is 17.1 Å². The van der Waals surface area contributed by atoms with Gasteiger partial charge in [-0.05, 0) is 45.0 Å². The van der Waals surface area contributed by atoms with Gasteiger partial charge in [-0.2, -0.15) is 0 Å². The van der Waals surface area contributed by atoms with E-state index in [-0.39, 0.29) is 5.54 Å². The van der Waals surface area contributed by atoms with Crippen molar-refractivity contribution in [3.05, 3.63) is 42.1 Å². The SMILES string of the molecule is CNC(C)(C)Cc1cnc2ccccc2c1. The molecule has 84 valence electrons. The number of fused-ring (bicyclic) bond motifs is 1. The normalized spacial score (nSPS) is 11.9. The lowest BCUT2D eigenvalue weighted by Gasteiger charge is -2.23. The first kappa shape index (κ1) is 11.1. The van der Waals surface area contributed by atoms with Crippen LogP contribution >= 0.6 is 0 Å². The summed E-state index contributed by atoms with van der Waals surface area (Å²) in [5, 5.41) is 4.52. The van der Waals surface area contributed by atoms with Gasteiger partial charge in [0.1, 0.15) is 0 Å². The molecule has 16 heavy (non-hydrogen) atoms. The first-order chi connectivity index (χ1) is 7.61. The van der Waals surface area contributed by atoms with Crippen molar-refractivity contribution in [2.75, 3.05) is 7.05 Å². The highest BCUT2D eigenvalue weighted by atomic mass is 14.9. The van der Waals surface area contributed by atoms with Crippen molar-refractivity contribution >= 4 is 10.9 Å². The van der Waals surface area contributed by atoms with Gasteiger partial charge in [-0.15, -0.1) is 0 Å². The Labute approximate surface area is 96.7 Å². The molecule has 1 heterocycles. The highest BCUT2D eigenvalue weighted by molar-refractivity contribution is 5.78. The van der Waals surface area contributed by atoms with Gasteiger partial charge in [-0.25, -0.2) is 0 Å². The Morgan fingerprint density at radius 2 is 2.00 bits per heavy atom. The van der Waals surface area contributed by atoms with Crippen molar-refractivity contribution in [1.29, 1.82) is 0 Å². The summed E-state index contributed by atoms with van der Waals surface area (Å²) in [6.07, 6.45) is 2.96. The summed E-state index contributed by atoms with van der Waals surface area (Å²) in [4.78, 5) is 4.47. The fraction of sp³-hybridized carbons (Fsp3) is 0.357. The quantitative estimate of drug-likeness (QED) is 0.849. The third-order valence-corrected chi connectivity index (χ3v) is 2.97. The molecule has 2 aromatic rings. The van der Waals surface area contributed by atoms with Gasteiger partial charge in [0.2, 0.25) is 0 Å². The van der Waals surface area contributed by atoms with Crippen molar-refractivity contribution in [3.8, 4) is 0 Å². The van der Waals surface area contributed by atoms with E-state index in [1.807, 2.05) is 25.4 Å². The van der Waals surface area contributed by atoms with Gasteiger partial charge in [0.15, 0.2) is 0 Å². The van der Waals surface area contributed by atoms with E-state index < -0.39 is 0 Å². The molecule has 0 aliphatic carbocycles. The minimum atomic E-state index is 0.115. The predicted octanol–water partition coefficient (Wildman–Crippen LogP) is 2.78. The van der Waals surface area contributed by atoms with E-state index in [0.717, 1.165) is 11.9 Å². The summed E-state index contributed by atoms with van der Waals surface area (Å²) in [5.41, 5.74) is 2.45. The van der Waals surface area contributed by atoms with Crippen molar-refractivity contribution in [2.24, 2.45) is 0 Å². The summed E-state index contributed by atoms with van der Waals surface area (Å²) in [7, 11) is 1.99. The fourth-order valence-electron chi connectivity index (χ4n) is 1.81. The van der Waals surface area contributed by atoms with Crippen molar-refractivity contribution in [1.82, 2.24) is 10.3 Å². The molecule has 0 atom stereocenters. The van der Waals surface area contributed by atoms with E-state index in [9.17, 15) is 0 Å². The van der Waals surface area contributed by atoms with Crippen LogP contribution in [0.15, 0.2) is 36.5 Å². The smallest absolute Gasteiger partial charge is 0.0702 e. The molecular formula is C14H18N2. The maximum atomic E-state index is 4.47. The molecule has 0 aliphatic rings. The summed E-state index contributed by atoms with van der Waals surface area (Å²) < 4.78 is 0. The van der Waals surface area contributed by atoms with Gasteiger partial charge in [0.05, 0.1) is 5.52 Å². The molecule has 0 bridgehead atoms. The highest BCUT2D eigenvalue weighted by Gasteiger charge is 2.15. The van der Waals surface area contributed by atoms with Crippen molar-refractivity contribution in [3.63, 3.8) is 0 Å². The molecule has 0 spiro atoms. The summed E-state index contributed by atoms with van der Waals surface area (Å²) in [5.74, 6) is 0. The van der Waals surface area contributed by atoms with Gasteiger partial charge >= 0.3 is 0 Å². The minimum Gasteiger partial charge on any atom is -0.314 e. The first-order valence-electron chi connectivity index (χ1n) is 5.63. The second-order valence-corrected chi connectivity index (χ2v) is 4.85. The largest absolute Gasteiger partial charge is 0.314 e. The number of likely N-dealkylation sites (N-methyl/N-ethyl adjacent to an activating group) is 1. The third kappa shape index (κ3) is 2.39. The summed E-state index contributed by atoms with van der Waals surface area (Å²) in [6, 6.07) is 10.4. The van der Waals surface area contributed by atoms with E-state index in [0.29, 0.717) is 0 Å². The lowest BCUT2D eigenvalue weighted by molar-refractivity contribution is 0.422. The second kappa shape index (κ2) is 4.22. The van der Waals surface area contributed by atoms with E-state index in [1.165, 1.54) is 10.9 Å². The number of pyridine rings is 1. The van der Waals surface area contributed by atoms with Crippen LogP contribution in [-0.4, -0.2) is 17.6 Å². The lowest BCUT2D eigenvalue weighted by Crippen LogP contribution is -2.38. The molecule has 0 saturated heterocycles. The molecule has 1 aromatic carbocycles. The van der Waals surface area contributed by atoms with Gasteiger partial charge in [-0.3, -0.25) is 4.98 Å². The Morgan fingerprint density at radius 3 is 2.75 bits per heavy atom. The Balaban J connectivity index is 2.33. The maximum Gasteiger partial charge on any atom is 0.0702 e. The van der Waals surface area contributed by atoms with Crippen LogP contribution in [0, 0.1) is 0 Å². The number of nitrogens with zero attached hydrogens (tertiary/aromatic N) is 1. The average Bonchev–Trinajstić information content (AvgIpc) is 2.28. The Bertz CT molecular complexity index is 489.